The lowest BCUT2D eigenvalue weighted by atomic mass is 9.98. The Morgan fingerprint density at radius 2 is 1.68 bits per heavy atom. The summed E-state index contributed by atoms with van der Waals surface area (Å²) in [7, 11) is -4.63. The molecule has 9 heteroatoms. The fourth-order valence-corrected chi connectivity index (χ4v) is 2.90. The summed E-state index contributed by atoms with van der Waals surface area (Å²) in [6, 6.07) is 11.0. The van der Waals surface area contributed by atoms with Gasteiger partial charge in [0.2, 0.25) is 0 Å². The van der Waals surface area contributed by atoms with Gasteiger partial charge in [-0.15, -0.1) is 0 Å². The second kappa shape index (κ2) is 7.32. The van der Waals surface area contributed by atoms with E-state index in [0.717, 1.165) is 0 Å². The summed E-state index contributed by atoms with van der Waals surface area (Å²) in [4.78, 5) is 23.6. The number of hydrogen-bond donors (Lipinski definition) is 4. The summed E-state index contributed by atoms with van der Waals surface area (Å²) in [5, 5.41) is 21.1. The van der Waals surface area contributed by atoms with E-state index in [4.69, 9.17) is 9.66 Å². The van der Waals surface area contributed by atoms with Crippen LogP contribution in [0.2, 0.25) is 0 Å². The molecule has 132 valence electrons. The van der Waals surface area contributed by atoms with Gasteiger partial charge in [0, 0.05) is 0 Å². The van der Waals surface area contributed by atoms with Gasteiger partial charge in [-0.3, -0.25) is 9.35 Å². The minimum atomic E-state index is -4.63. The predicted octanol–water partition coefficient (Wildman–Crippen LogP) is 1.13. The molecule has 0 radical (unpaired) electrons. The monoisotopic (exact) mass is 365 g/mol. The number of hydrogen-bond acceptors (Lipinski definition) is 5. The molecule has 0 saturated heterocycles. The third kappa shape index (κ3) is 4.78. The van der Waals surface area contributed by atoms with Crippen LogP contribution in [-0.4, -0.2) is 46.9 Å². The average Bonchev–Trinajstić information content (AvgIpc) is 2.53. The first-order valence-corrected chi connectivity index (χ1v) is 8.66. The van der Waals surface area contributed by atoms with Crippen LogP contribution in [0.1, 0.15) is 10.4 Å². The molecular weight excluding hydrogens is 350 g/mol. The van der Waals surface area contributed by atoms with Crippen LogP contribution in [0.25, 0.3) is 11.1 Å². The summed E-state index contributed by atoms with van der Waals surface area (Å²) >= 11 is 0. The third-order valence-electron chi connectivity index (χ3n) is 3.34. The summed E-state index contributed by atoms with van der Waals surface area (Å²) in [5.41, 5.74) is 0.745. The molecule has 0 heterocycles. The standard InChI is InChI=1S/C16H15NO7S/c18-13-8-4-7-11(10-5-2-1-3-6-10)14(13)15(19)17-12(16(20)21)9-25(22,23)24/h1-8,12,18H,9H2,(H,17,19)(H,20,21)(H,22,23,24)/t12-/m0/s1. The number of carboxylic acids is 1. The minimum absolute atomic E-state index is 0.199. The van der Waals surface area contributed by atoms with Gasteiger partial charge in [0.05, 0.1) is 5.56 Å². The van der Waals surface area contributed by atoms with Gasteiger partial charge in [-0.2, -0.15) is 8.42 Å². The predicted molar refractivity (Wildman–Crippen MR) is 88.8 cm³/mol. The largest absolute Gasteiger partial charge is 0.507 e. The van der Waals surface area contributed by atoms with Crippen molar-refractivity contribution in [1.29, 1.82) is 0 Å². The highest BCUT2D eigenvalue weighted by atomic mass is 32.2. The van der Waals surface area contributed by atoms with E-state index in [1.54, 1.807) is 36.4 Å². The average molecular weight is 365 g/mol. The van der Waals surface area contributed by atoms with Crippen LogP contribution in [-0.2, 0) is 14.9 Å². The molecule has 2 aromatic rings. The van der Waals surface area contributed by atoms with Gasteiger partial charge < -0.3 is 15.5 Å². The summed E-state index contributed by atoms with van der Waals surface area (Å²) in [5.74, 6) is -4.20. The lowest BCUT2D eigenvalue weighted by Gasteiger charge is -2.16. The number of carbonyl (C=O) groups is 2. The number of amides is 1. The molecule has 1 amide bonds. The highest BCUT2D eigenvalue weighted by molar-refractivity contribution is 7.85. The maximum atomic E-state index is 12.4. The van der Waals surface area contributed by atoms with Crippen LogP contribution in [0.5, 0.6) is 5.75 Å². The Balaban J connectivity index is 2.41. The van der Waals surface area contributed by atoms with Gasteiger partial charge in [-0.05, 0) is 17.2 Å². The van der Waals surface area contributed by atoms with E-state index in [2.05, 4.69) is 0 Å². The van der Waals surface area contributed by atoms with Crippen LogP contribution in [0.4, 0.5) is 0 Å². The van der Waals surface area contributed by atoms with Gasteiger partial charge in [0.25, 0.3) is 16.0 Å². The summed E-state index contributed by atoms with van der Waals surface area (Å²) in [6.07, 6.45) is 0. The molecule has 4 N–H and O–H groups in total. The Hall–Kier alpha value is -2.91. The van der Waals surface area contributed by atoms with E-state index in [0.29, 0.717) is 11.1 Å². The molecule has 2 aromatic carbocycles. The van der Waals surface area contributed by atoms with Crippen molar-refractivity contribution < 1.29 is 32.8 Å². The van der Waals surface area contributed by atoms with Crippen LogP contribution in [0.15, 0.2) is 48.5 Å². The Bertz CT molecular complexity index is 894. The maximum absolute atomic E-state index is 12.4. The van der Waals surface area contributed by atoms with Crippen molar-refractivity contribution in [3.05, 3.63) is 54.1 Å². The Kier molecular flexibility index (Phi) is 5.40. The van der Waals surface area contributed by atoms with E-state index >= 15 is 0 Å². The molecule has 0 aromatic heterocycles. The molecule has 2 rings (SSSR count). The topological polar surface area (TPSA) is 141 Å². The zero-order valence-electron chi connectivity index (χ0n) is 12.8. The molecule has 0 aliphatic rings. The van der Waals surface area contributed by atoms with Crippen molar-refractivity contribution in [1.82, 2.24) is 5.32 Å². The molecule has 0 spiro atoms. The van der Waals surface area contributed by atoms with Gasteiger partial charge in [-0.25, -0.2) is 4.79 Å². The van der Waals surface area contributed by atoms with Crippen LogP contribution in [0, 0.1) is 0 Å². The SMILES string of the molecule is O=C(N[C@@H](CS(=O)(=O)O)C(=O)O)c1c(O)cccc1-c1ccccc1. The Morgan fingerprint density at radius 3 is 2.24 bits per heavy atom. The van der Waals surface area contributed by atoms with Gasteiger partial charge in [0.1, 0.15) is 17.5 Å². The van der Waals surface area contributed by atoms with E-state index in [1.807, 2.05) is 5.32 Å². The summed E-state index contributed by atoms with van der Waals surface area (Å²) < 4.78 is 30.6. The number of carboxylic acid groups (broad SMARTS) is 1. The molecule has 0 fully saturated rings. The quantitative estimate of drug-likeness (QED) is 0.562. The van der Waals surface area contributed by atoms with Crippen molar-refractivity contribution in [2.24, 2.45) is 0 Å². The number of aromatic hydroxyl groups is 1. The highest BCUT2D eigenvalue weighted by Crippen LogP contribution is 2.29. The number of benzene rings is 2. The first-order valence-electron chi connectivity index (χ1n) is 7.05. The minimum Gasteiger partial charge on any atom is -0.507 e. The molecular formula is C16H15NO7S. The summed E-state index contributed by atoms with van der Waals surface area (Å²) in [6.45, 7) is 0. The van der Waals surface area contributed by atoms with Gasteiger partial charge in [0.15, 0.2) is 0 Å². The van der Waals surface area contributed by atoms with Crippen LogP contribution < -0.4 is 5.32 Å². The molecule has 8 nitrogen and oxygen atoms in total. The fourth-order valence-electron chi connectivity index (χ4n) is 2.25. The fraction of sp³-hybridized carbons (Fsp3) is 0.125. The lowest BCUT2D eigenvalue weighted by Crippen LogP contribution is -2.45. The molecule has 0 aliphatic heterocycles. The molecule has 0 unspecified atom stereocenters. The zero-order valence-corrected chi connectivity index (χ0v) is 13.6. The number of rotatable bonds is 6. The van der Waals surface area contributed by atoms with Crippen molar-refractivity contribution in [3.8, 4) is 16.9 Å². The van der Waals surface area contributed by atoms with Gasteiger partial charge in [-0.1, -0.05) is 42.5 Å². The van der Waals surface area contributed by atoms with Crippen molar-refractivity contribution in [3.63, 3.8) is 0 Å². The maximum Gasteiger partial charge on any atom is 0.327 e. The van der Waals surface area contributed by atoms with Crippen molar-refractivity contribution >= 4 is 22.0 Å². The first-order chi connectivity index (χ1) is 11.7. The first kappa shape index (κ1) is 18.4. The molecule has 1 atom stereocenters. The smallest absolute Gasteiger partial charge is 0.327 e. The highest BCUT2D eigenvalue weighted by Gasteiger charge is 2.28. The second-order valence-corrected chi connectivity index (χ2v) is 6.68. The molecule has 0 saturated carbocycles. The lowest BCUT2D eigenvalue weighted by molar-refractivity contribution is -0.138. The number of carbonyl (C=O) groups excluding carboxylic acids is 1. The normalized spacial score (nSPS) is 12.4. The molecule has 0 bridgehead atoms. The number of aliphatic carboxylic acids is 1. The number of phenols is 1. The van der Waals surface area contributed by atoms with Crippen LogP contribution in [0.3, 0.4) is 0 Å². The second-order valence-electron chi connectivity index (χ2n) is 5.18. The van der Waals surface area contributed by atoms with Crippen molar-refractivity contribution in [2.45, 2.75) is 6.04 Å². The van der Waals surface area contributed by atoms with Crippen molar-refractivity contribution in [2.75, 3.05) is 5.75 Å². The molecule has 25 heavy (non-hydrogen) atoms. The third-order valence-corrected chi connectivity index (χ3v) is 4.09. The number of phenolic OH excluding ortho intramolecular Hbond substituents is 1. The van der Waals surface area contributed by atoms with Crippen LogP contribution >= 0.6 is 0 Å². The van der Waals surface area contributed by atoms with E-state index in [9.17, 15) is 23.1 Å². The Labute approximate surface area is 143 Å². The van der Waals surface area contributed by atoms with E-state index in [-0.39, 0.29) is 5.56 Å². The zero-order chi connectivity index (χ0) is 18.6. The van der Waals surface area contributed by atoms with Gasteiger partial charge >= 0.3 is 5.97 Å². The van der Waals surface area contributed by atoms with E-state index in [1.165, 1.54) is 12.1 Å². The Morgan fingerprint density at radius 1 is 1.04 bits per heavy atom. The molecule has 0 aliphatic carbocycles. The van der Waals surface area contributed by atoms with E-state index < -0.39 is 39.5 Å². The number of nitrogens with one attached hydrogen (secondary N) is 1.